The van der Waals surface area contributed by atoms with Crippen molar-refractivity contribution in [1.82, 2.24) is 5.32 Å². The zero-order valence-corrected chi connectivity index (χ0v) is 14.4. The summed E-state index contributed by atoms with van der Waals surface area (Å²) in [5, 5.41) is 7.87. The van der Waals surface area contributed by atoms with E-state index in [4.69, 9.17) is 17.0 Å². The van der Waals surface area contributed by atoms with Gasteiger partial charge in [0.05, 0.1) is 12.7 Å². The summed E-state index contributed by atoms with van der Waals surface area (Å²) < 4.78 is 4.93. The molecular formula is C15H22N2O2S2. The van der Waals surface area contributed by atoms with Crippen LogP contribution in [0.25, 0.3) is 0 Å². The van der Waals surface area contributed by atoms with E-state index in [2.05, 4.69) is 24.5 Å². The van der Waals surface area contributed by atoms with Crippen molar-refractivity contribution < 1.29 is 9.53 Å². The molecule has 21 heavy (non-hydrogen) atoms. The Kier molecular flexibility index (Phi) is 5.58. The van der Waals surface area contributed by atoms with E-state index in [1.165, 1.54) is 12.0 Å². The van der Waals surface area contributed by atoms with Crippen molar-refractivity contribution in [3.05, 3.63) is 16.0 Å². The van der Waals surface area contributed by atoms with E-state index in [9.17, 15) is 4.79 Å². The lowest BCUT2D eigenvalue weighted by Gasteiger charge is -2.17. The van der Waals surface area contributed by atoms with E-state index in [1.807, 2.05) is 0 Å². The number of hydrogen-bond acceptors (Lipinski definition) is 4. The SMILES string of the molecule is CCC(CC)NC(=S)Nc1sc2c(c1C(=O)OC)CCC2. The van der Waals surface area contributed by atoms with Crippen LogP contribution in [0.3, 0.4) is 0 Å². The highest BCUT2D eigenvalue weighted by molar-refractivity contribution is 7.80. The van der Waals surface area contributed by atoms with E-state index in [1.54, 1.807) is 11.3 Å². The molecule has 1 aromatic rings. The minimum atomic E-state index is -0.276. The summed E-state index contributed by atoms with van der Waals surface area (Å²) in [4.78, 5) is 13.3. The molecule has 0 spiro atoms. The molecule has 0 aliphatic heterocycles. The smallest absolute Gasteiger partial charge is 0.341 e. The van der Waals surface area contributed by atoms with Gasteiger partial charge in [0.15, 0.2) is 5.11 Å². The number of esters is 1. The molecule has 1 aromatic heterocycles. The molecule has 0 aromatic carbocycles. The van der Waals surface area contributed by atoms with Gasteiger partial charge in [-0.05, 0) is 49.9 Å². The van der Waals surface area contributed by atoms with E-state index in [-0.39, 0.29) is 5.97 Å². The van der Waals surface area contributed by atoms with Crippen LogP contribution in [0.5, 0.6) is 0 Å². The second kappa shape index (κ2) is 7.22. The molecular weight excluding hydrogens is 304 g/mol. The number of methoxy groups -OCH3 is 1. The van der Waals surface area contributed by atoms with Crippen molar-refractivity contribution in [3.63, 3.8) is 0 Å². The number of carbonyl (C=O) groups is 1. The van der Waals surface area contributed by atoms with Crippen molar-refractivity contribution in [2.24, 2.45) is 0 Å². The lowest BCUT2D eigenvalue weighted by molar-refractivity contribution is 0.0601. The highest BCUT2D eigenvalue weighted by Crippen LogP contribution is 2.39. The zero-order valence-electron chi connectivity index (χ0n) is 12.7. The summed E-state index contributed by atoms with van der Waals surface area (Å²) in [6, 6.07) is 0.360. The van der Waals surface area contributed by atoms with Crippen LogP contribution in [0, 0.1) is 0 Å². The van der Waals surface area contributed by atoms with Crippen LogP contribution in [-0.2, 0) is 17.6 Å². The third-order valence-electron chi connectivity index (χ3n) is 3.86. The van der Waals surface area contributed by atoms with Crippen LogP contribution < -0.4 is 10.6 Å². The van der Waals surface area contributed by atoms with Crippen LogP contribution in [0.4, 0.5) is 5.00 Å². The molecule has 0 fully saturated rings. The number of aryl methyl sites for hydroxylation is 1. The number of rotatable bonds is 5. The summed E-state index contributed by atoms with van der Waals surface area (Å²) >= 11 is 6.99. The van der Waals surface area contributed by atoms with Gasteiger partial charge in [0.2, 0.25) is 0 Å². The minimum absolute atomic E-state index is 0.276. The predicted molar refractivity (Wildman–Crippen MR) is 91.4 cm³/mol. The molecule has 0 amide bonds. The Bertz CT molecular complexity index is 536. The van der Waals surface area contributed by atoms with E-state index < -0.39 is 0 Å². The molecule has 4 nitrogen and oxygen atoms in total. The molecule has 0 saturated carbocycles. The Hall–Kier alpha value is -1.14. The summed E-state index contributed by atoms with van der Waals surface area (Å²) in [7, 11) is 1.42. The third kappa shape index (κ3) is 3.55. The molecule has 1 aliphatic rings. The van der Waals surface area contributed by atoms with Gasteiger partial charge in [0.1, 0.15) is 5.00 Å². The highest BCUT2D eigenvalue weighted by atomic mass is 32.1. The van der Waals surface area contributed by atoms with E-state index in [0.717, 1.165) is 42.7 Å². The summed E-state index contributed by atoms with van der Waals surface area (Å²) in [6.07, 6.45) is 5.14. The van der Waals surface area contributed by atoms with E-state index >= 15 is 0 Å². The Balaban J connectivity index is 2.16. The van der Waals surface area contributed by atoms with Gasteiger partial charge >= 0.3 is 5.97 Å². The van der Waals surface area contributed by atoms with Gasteiger partial charge in [-0.15, -0.1) is 11.3 Å². The standard InChI is InChI=1S/C15H22N2O2S2/c1-4-9(5-2)16-15(20)17-13-12(14(18)19-3)10-7-6-8-11(10)21-13/h9H,4-8H2,1-3H3,(H2,16,17,20). The van der Waals surface area contributed by atoms with Crippen LogP contribution in [0.1, 0.15) is 53.9 Å². The Morgan fingerprint density at radius 3 is 2.71 bits per heavy atom. The van der Waals surface area contributed by atoms with Gasteiger partial charge in [0, 0.05) is 10.9 Å². The van der Waals surface area contributed by atoms with Crippen LogP contribution in [0.15, 0.2) is 0 Å². The first-order chi connectivity index (χ1) is 10.1. The lowest BCUT2D eigenvalue weighted by atomic mass is 10.1. The van der Waals surface area contributed by atoms with Crippen molar-refractivity contribution >= 4 is 39.6 Å². The van der Waals surface area contributed by atoms with Crippen molar-refractivity contribution in [1.29, 1.82) is 0 Å². The van der Waals surface area contributed by atoms with Crippen molar-refractivity contribution in [3.8, 4) is 0 Å². The van der Waals surface area contributed by atoms with Gasteiger partial charge < -0.3 is 15.4 Å². The number of fused-ring (bicyclic) bond motifs is 1. The molecule has 1 aliphatic carbocycles. The second-order valence-corrected chi connectivity index (χ2v) is 6.68. The summed E-state index contributed by atoms with van der Waals surface area (Å²) in [5.41, 5.74) is 1.81. The maximum atomic E-state index is 12.1. The molecule has 0 radical (unpaired) electrons. The number of carbonyl (C=O) groups excluding carboxylic acids is 1. The fourth-order valence-electron chi connectivity index (χ4n) is 2.63. The first-order valence-corrected chi connectivity index (χ1v) is 8.63. The second-order valence-electron chi connectivity index (χ2n) is 5.16. The number of hydrogen-bond donors (Lipinski definition) is 2. The lowest BCUT2D eigenvalue weighted by Crippen LogP contribution is -2.37. The van der Waals surface area contributed by atoms with Crippen LogP contribution >= 0.6 is 23.6 Å². The molecule has 2 rings (SSSR count). The average Bonchev–Trinajstić information content (AvgIpc) is 3.04. The highest BCUT2D eigenvalue weighted by Gasteiger charge is 2.27. The molecule has 1 heterocycles. The van der Waals surface area contributed by atoms with Crippen molar-refractivity contribution in [2.45, 2.75) is 52.0 Å². The third-order valence-corrected chi connectivity index (χ3v) is 5.29. The largest absolute Gasteiger partial charge is 0.465 e. The average molecular weight is 326 g/mol. The van der Waals surface area contributed by atoms with Crippen molar-refractivity contribution in [2.75, 3.05) is 12.4 Å². The molecule has 6 heteroatoms. The maximum absolute atomic E-state index is 12.1. The predicted octanol–water partition coefficient (Wildman–Crippen LogP) is 3.50. The molecule has 0 bridgehead atoms. The fraction of sp³-hybridized carbons (Fsp3) is 0.600. The first kappa shape index (κ1) is 16.2. The summed E-state index contributed by atoms with van der Waals surface area (Å²) in [6.45, 7) is 4.26. The number of ether oxygens (including phenoxy) is 1. The number of anilines is 1. The van der Waals surface area contributed by atoms with Crippen LogP contribution in [-0.4, -0.2) is 24.2 Å². The normalized spacial score (nSPS) is 13.1. The van der Waals surface area contributed by atoms with Gasteiger partial charge in [-0.3, -0.25) is 0 Å². The number of nitrogens with one attached hydrogen (secondary N) is 2. The number of thiocarbonyl (C=S) groups is 1. The van der Waals surface area contributed by atoms with Gasteiger partial charge in [-0.25, -0.2) is 4.79 Å². The Labute approximate surface area is 135 Å². The number of thiophene rings is 1. The molecule has 0 unspecified atom stereocenters. The van der Waals surface area contributed by atoms with E-state index in [0.29, 0.717) is 16.7 Å². The first-order valence-electron chi connectivity index (χ1n) is 7.41. The fourth-order valence-corrected chi connectivity index (χ4v) is 4.24. The van der Waals surface area contributed by atoms with Gasteiger partial charge in [-0.1, -0.05) is 13.8 Å². The molecule has 0 saturated heterocycles. The maximum Gasteiger partial charge on any atom is 0.341 e. The van der Waals surface area contributed by atoms with Gasteiger partial charge in [0.25, 0.3) is 0 Å². The zero-order chi connectivity index (χ0) is 15.4. The monoisotopic (exact) mass is 326 g/mol. The quantitative estimate of drug-likeness (QED) is 0.641. The summed E-state index contributed by atoms with van der Waals surface area (Å²) in [5.74, 6) is -0.276. The Morgan fingerprint density at radius 1 is 1.38 bits per heavy atom. The Morgan fingerprint density at radius 2 is 2.10 bits per heavy atom. The molecule has 0 atom stereocenters. The minimum Gasteiger partial charge on any atom is -0.465 e. The topological polar surface area (TPSA) is 50.4 Å². The molecule has 2 N–H and O–H groups in total. The molecule has 116 valence electrons. The van der Waals surface area contributed by atoms with Crippen LogP contribution in [0.2, 0.25) is 0 Å². The van der Waals surface area contributed by atoms with Gasteiger partial charge in [-0.2, -0.15) is 0 Å².